The fraction of sp³-hybridized carbons (Fsp3) is 0.300. The molecule has 0 saturated carbocycles. The first-order chi connectivity index (χ1) is 17.1. The van der Waals surface area contributed by atoms with E-state index < -0.39 is 0 Å². The van der Waals surface area contributed by atoms with E-state index in [1.165, 1.54) is 5.69 Å². The lowest BCUT2D eigenvalue weighted by Crippen LogP contribution is -2.27. The number of rotatable bonds is 6. The number of carbonyl (C=O) groups excluding carboxylic acids is 1. The van der Waals surface area contributed by atoms with Crippen molar-refractivity contribution in [1.82, 2.24) is 0 Å². The molecule has 2 atom stereocenters. The Balaban J connectivity index is 1.55. The minimum atomic E-state index is -0.203. The van der Waals surface area contributed by atoms with E-state index in [9.17, 15) is 4.79 Å². The molecule has 35 heavy (non-hydrogen) atoms. The number of ether oxygens (including phenoxy) is 1. The number of fused-ring (bicyclic) bond motifs is 1. The van der Waals surface area contributed by atoms with Crippen molar-refractivity contribution in [2.45, 2.75) is 38.6 Å². The number of hydrogen-bond acceptors (Lipinski definition) is 5. The van der Waals surface area contributed by atoms with Crippen molar-refractivity contribution in [1.29, 1.82) is 0 Å². The Morgan fingerprint density at radius 2 is 1.63 bits per heavy atom. The SMILES string of the molecule is CCN(CC)c1ccc([C@H]2Nc3ccccc3NC3=C2C(=O)C[C@@H](c2cccc(OC)c2)C3)cc1. The molecule has 5 heteroatoms. The maximum Gasteiger partial charge on any atom is 0.163 e. The number of allylic oxidation sites excluding steroid dienone is 1. The second-order valence-electron chi connectivity index (χ2n) is 9.21. The summed E-state index contributed by atoms with van der Waals surface area (Å²) >= 11 is 0. The van der Waals surface area contributed by atoms with Crippen molar-refractivity contribution in [2.75, 3.05) is 35.7 Å². The Labute approximate surface area is 207 Å². The number of para-hydroxylation sites is 2. The van der Waals surface area contributed by atoms with Gasteiger partial charge in [-0.3, -0.25) is 4.79 Å². The van der Waals surface area contributed by atoms with E-state index >= 15 is 0 Å². The van der Waals surface area contributed by atoms with Crippen molar-refractivity contribution in [3.8, 4) is 5.75 Å². The van der Waals surface area contributed by atoms with E-state index in [1.807, 2.05) is 24.3 Å². The zero-order valence-electron chi connectivity index (χ0n) is 20.7. The summed E-state index contributed by atoms with van der Waals surface area (Å²) in [5.74, 6) is 1.12. The largest absolute Gasteiger partial charge is 0.497 e. The van der Waals surface area contributed by atoms with Gasteiger partial charge in [-0.15, -0.1) is 0 Å². The molecule has 0 radical (unpaired) electrons. The third-order valence-electron chi connectivity index (χ3n) is 7.23. The van der Waals surface area contributed by atoms with Crippen LogP contribution in [0.15, 0.2) is 84.1 Å². The van der Waals surface area contributed by atoms with Gasteiger partial charge in [0.25, 0.3) is 0 Å². The molecule has 2 N–H and O–H groups in total. The summed E-state index contributed by atoms with van der Waals surface area (Å²) in [6.45, 7) is 6.27. The Bertz CT molecular complexity index is 1240. The van der Waals surface area contributed by atoms with Crippen molar-refractivity contribution in [3.05, 3.63) is 95.2 Å². The number of hydrogen-bond donors (Lipinski definition) is 2. The van der Waals surface area contributed by atoms with E-state index in [0.717, 1.165) is 59.0 Å². The second-order valence-corrected chi connectivity index (χ2v) is 9.21. The fourth-order valence-corrected chi connectivity index (χ4v) is 5.34. The zero-order chi connectivity index (χ0) is 24.4. The number of Topliss-reactive ketones (excluding diaryl/α,β-unsaturated/α-hetero) is 1. The molecule has 1 aliphatic heterocycles. The van der Waals surface area contributed by atoms with Crippen LogP contribution in [0.4, 0.5) is 17.1 Å². The quantitative estimate of drug-likeness (QED) is 0.432. The van der Waals surface area contributed by atoms with E-state index in [2.05, 4.69) is 77.9 Å². The average molecular weight is 468 g/mol. The number of carbonyl (C=O) groups is 1. The highest BCUT2D eigenvalue weighted by Gasteiger charge is 2.36. The van der Waals surface area contributed by atoms with Gasteiger partial charge in [-0.2, -0.15) is 0 Å². The predicted molar refractivity (Wildman–Crippen MR) is 143 cm³/mol. The van der Waals surface area contributed by atoms with Crippen LogP contribution in [0.25, 0.3) is 0 Å². The van der Waals surface area contributed by atoms with Gasteiger partial charge in [-0.25, -0.2) is 0 Å². The van der Waals surface area contributed by atoms with Crippen molar-refractivity contribution >= 4 is 22.8 Å². The van der Waals surface area contributed by atoms with Crippen molar-refractivity contribution in [2.24, 2.45) is 0 Å². The molecule has 0 fully saturated rings. The van der Waals surface area contributed by atoms with Crippen LogP contribution in [-0.2, 0) is 4.79 Å². The van der Waals surface area contributed by atoms with E-state index in [1.54, 1.807) is 7.11 Å². The van der Waals surface area contributed by atoms with Crippen LogP contribution in [0, 0.1) is 0 Å². The van der Waals surface area contributed by atoms with Gasteiger partial charge in [-0.1, -0.05) is 36.4 Å². The van der Waals surface area contributed by atoms with Crippen molar-refractivity contribution < 1.29 is 9.53 Å². The predicted octanol–water partition coefficient (Wildman–Crippen LogP) is 6.52. The highest BCUT2D eigenvalue weighted by Crippen LogP contribution is 2.44. The van der Waals surface area contributed by atoms with E-state index in [4.69, 9.17) is 4.74 Å². The molecule has 1 aliphatic carbocycles. The maximum atomic E-state index is 13.7. The molecule has 0 aromatic heterocycles. The topological polar surface area (TPSA) is 53.6 Å². The first-order valence-corrected chi connectivity index (χ1v) is 12.5. The number of benzene rings is 3. The van der Waals surface area contributed by atoms with Gasteiger partial charge in [0.1, 0.15) is 5.75 Å². The molecule has 180 valence electrons. The standard InChI is InChI=1S/C30H33N3O2/c1-4-33(5-2)23-15-13-20(14-16-23)30-29-27(31-25-11-6-7-12-26(25)32-30)18-22(19-28(29)34)21-9-8-10-24(17-21)35-3/h6-17,22,30-32H,4-5,18-19H2,1-3H3/t22-,30+/m0/s1. The average Bonchev–Trinajstić information content (AvgIpc) is 3.07. The number of nitrogens with one attached hydrogen (secondary N) is 2. The molecular formula is C30H33N3O2. The van der Waals surface area contributed by atoms with Gasteiger partial charge in [0, 0.05) is 36.5 Å². The third kappa shape index (κ3) is 4.51. The molecule has 1 heterocycles. The summed E-state index contributed by atoms with van der Waals surface area (Å²) in [6, 6.07) is 24.7. The number of nitrogens with zero attached hydrogens (tertiary/aromatic N) is 1. The monoisotopic (exact) mass is 467 g/mol. The Hall–Kier alpha value is -3.73. The summed E-state index contributed by atoms with van der Waals surface area (Å²) in [5.41, 5.74) is 7.29. The Morgan fingerprint density at radius 3 is 2.34 bits per heavy atom. The van der Waals surface area contributed by atoms with E-state index in [-0.39, 0.29) is 17.7 Å². The van der Waals surface area contributed by atoms with Gasteiger partial charge in [0.15, 0.2) is 5.78 Å². The highest BCUT2D eigenvalue weighted by molar-refractivity contribution is 6.01. The van der Waals surface area contributed by atoms with Gasteiger partial charge in [0.2, 0.25) is 0 Å². The molecule has 0 spiro atoms. The van der Waals surface area contributed by atoms with Gasteiger partial charge < -0.3 is 20.3 Å². The maximum absolute atomic E-state index is 13.7. The van der Waals surface area contributed by atoms with Crippen LogP contribution >= 0.6 is 0 Å². The van der Waals surface area contributed by atoms with Crippen LogP contribution in [0.2, 0.25) is 0 Å². The van der Waals surface area contributed by atoms with Gasteiger partial charge in [0.05, 0.1) is 24.5 Å². The first kappa shape index (κ1) is 23.0. The first-order valence-electron chi connectivity index (χ1n) is 12.5. The van der Waals surface area contributed by atoms with Crippen LogP contribution in [0.1, 0.15) is 49.8 Å². The lowest BCUT2D eigenvalue weighted by molar-refractivity contribution is -0.116. The molecule has 0 amide bonds. The minimum Gasteiger partial charge on any atom is -0.497 e. The molecule has 2 aliphatic rings. The highest BCUT2D eigenvalue weighted by atomic mass is 16.5. The molecule has 3 aromatic carbocycles. The molecule has 5 nitrogen and oxygen atoms in total. The molecule has 0 saturated heterocycles. The zero-order valence-corrected chi connectivity index (χ0v) is 20.7. The number of ketones is 1. The summed E-state index contributed by atoms with van der Waals surface area (Å²) in [7, 11) is 1.68. The molecule has 3 aromatic rings. The molecule has 0 bridgehead atoms. The number of anilines is 3. The lowest BCUT2D eigenvalue weighted by Gasteiger charge is -2.30. The van der Waals surface area contributed by atoms with Gasteiger partial charge in [-0.05, 0) is 73.7 Å². The van der Waals surface area contributed by atoms with Crippen LogP contribution < -0.4 is 20.3 Å². The van der Waals surface area contributed by atoms with Gasteiger partial charge >= 0.3 is 0 Å². The normalized spacial score (nSPS) is 19.1. The van der Waals surface area contributed by atoms with Crippen LogP contribution in [0.3, 0.4) is 0 Å². The smallest absolute Gasteiger partial charge is 0.163 e. The molecule has 0 unspecified atom stereocenters. The second kappa shape index (κ2) is 9.87. The third-order valence-corrected chi connectivity index (χ3v) is 7.23. The fourth-order valence-electron chi connectivity index (χ4n) is 5.34. The minimum absolute atomic E-state index is 0.111. The summed E-state index contributed by atoms with van der Waals surface area (Å²) < 4.78 is 5.44. The van der Waals surface area contributed by atoms with Crippen molar-refractivity contribution in [3.63, 3.8) is 0 Å². The Morgan fingerprint density at radius 1 is 0.886 bits per heavy atom. The lowest BCUT2D eigenvalue weighted by atomic mass is 9.78. The van der Waals surface area contributed by atoms with E-state index in [0.29, 0.717) is 6.42 Å². The summed E-state index contributed by atoms with van der Waals surface area (Å²) in [5, 5.41) is 7.30. The molecule has 5 rings (SSSR count). The summed E-state index contributed by atoms with van der Waals surface area (Å²) in [6.07, 6.45) is 1.26. The molecular weight excluding hydrogens is 434 g/mol. The summed E-state index contributed by atoms with van der Waals surface area (Å²) in [4.78, 5) is 16.1. The number of methoxy groups -OCH3 is 1. The Kier molecular flexibility index (Phi) is 6.49. The van der Waals surface area contributed by atoms with Crippen LogP contribution in [-0.4, -0.2) is 26.0 Å². The van der Waals surface area contributed by atoms with Crippen LogP contribution in [0.5, 0.6) is 5.75 Å².